The maximum absolute atomic E-state index is 12.3. The quantitative estimate of drug-likeness (QED) is 0.598. The van der Waals surface area contributed by atoms with Crippen molar-refractivity contribution >= 4 is 17.8 Å². The van der Waals surface area contributed by atoms with Crippen LogP contribution in [0.2, 0.25) is 0 Å². The molecule has 2 aromatic rings. The van der Waals surface area contributed by atoms with E-state index < -0.39 is 18.0 Å². The number of carbonyl (C=O) groups excluding carboxylic acids is 3. The molecule has 0 aliphatic rings. The second-order valence-electron chi connectivity index (χ2n) is 6.27. The molecule has 29 heavy (non-hydrogen) atoms. The Kier molecular flexibility index (Phi) is 8.69. The molecule has 0 heterocycles. The first-order valence-corrected chi connectivity index (χ1v) is 9.52. The van der Waals surface area contributed by atoms with Crippen LogP contribution >= 0.6 is 0 Å². The monoisotopic (exact) mass is 398 g/mol. The third-order valence-corrected chi connectivity index (χ3v) is 4.06. The predicted molar refractivity (Wildman–Crippen MR) is 109 cm³/mol. The van der Waals surface area contributed by atoms with E-state index in [4.69, 9.17) is 9.47 Å². The molecular formula is C22H26N2O5. The summed E-state index contributed by atoms with van der Waals surface area (Å²) in [6, 6.07) is 16.5. The Hall–Kier alpha value is -3.35. The highest BCUT2D eigenvalue weighted by Crippen LogP contribution is 2.17. The van der Waals surface area contributed by atoms with Crippen LogP contribution in [0.3, 0.4) is 0 Å². The molecule has 0 fully saturated rings. The number of para-hydroxylation sites is 1. The van der Waals surface area contributed by atoms with Gasteiger partial charge in [-0.1, -0.05) is 42.5 Å². The molecule has 0 saturated heterocycles. The van der Waals surface area contributed by atoms with Gasteiger partial charge >= 0.3 is 5.97 Å². The van der Waals surface area contributed by atoms with E-state index in [1.54, 1.807) is 24.3 Å². The average molecular weight is 398 g/mol. The van der Waals surface area contributed by atoms with Crippen LogP contribution in [-0.2, 0) is 20.7 Å². The fraction of sp³-hybridized carbons (Fsp3) is 0.318. The van der Waals surface area contributed by atoms with Crippen molar-refractivity contribution in [1.29, 1.82) is 0 Å². The molecule has 154 valence electrons. The first-order chi connectivity index (χ1) is 14.0. The Balaban J connectivity index is 1.73. The van der Waals surface area contributed by atoms with Gasteiger partial charge in [-0.3, -0.25) is 14.4 Å². The van der Waals surface area contributed by atoms with Gasteiger partial charge in [0, 0.05) is 6.54 Å². The van der Waals surface area contributed by atoms with Crippen LogP contribution in [0.25, 0.3) is 0 Å². The number of nitrogens with one attached hydrogen (secondary N) is 2. The van der Waals surface area contributed by atoms with Crippen molar-refractivity contribution in [2.45, 2.75) is 26.4 Å². The zero-order valence-corrected chi connectivity index (χ0v) is 16.6. The van der Waals surface area contributed by atoms with E-state index in [0.717, 1.165) is 5.56 Å². The largest absolute Gasteiger partial charge is 0.493 e. The summed E-state index contributed by atoms with van der Waals surface area (Å²) in [5.41, 5.74) is 1.43. The third kappa shape index (κ3) is 7.29. The summed E-state index contributed by atoms with van der Waals surface area (Å²) in [5.74, 6) is -1.10. The predicted octanol–water partition coefficient (Wildman–Crippen LogP) is 2.11. The molecule has 0 aliphatic carbocycles. The third-order valence-electron chi connectivity index (χ3n) is 4.06. The molecule has 0 radical (unpaired) electrons. The van der Waals surface area contributed by atoms with Gasteiger partial charge in [0.2, 0.25) is 0 Å². The highest BCUT2D eigenvalue weighted by atomic mass is 16.5. The van der Waals surface area contributed by atoms with Crippen molar-refractivity contribution < 1.29 is 23.9 Å². The zero-order valence-electron chi connectivity index (χ0n) is 16.6. The van der Waals surface area contributed by atoms with Gasteiger partial charge in [0.05, 0.1) is 12.2 Å². The van der Waals surface area contributed by atoms with Crippen molar-refractivity contribution in [2.75, 3.05) is 19.7 Å². The van der Waals surface area contributed by atoms with Crippen LogP contribution in [0, 0.1) is 0 Å². The molecule has 1 unspecified atom stereocenters. The van der Waals surface area contributed by atoms with Gasteiger partial charge in [-0.25, -0.2) is 0 Å². The number of hydrogen-bond acceptors (Lipinski definition) is 5. The van der Waals surface area contributed by atoms with Crippen LogP contribution in [0.5, 0.6) is 5.75 Å². The molecular weight excluding hydrogens is 372 g/mol. The standard InChI is InChI=1S/C22H26N2O5/c1-3-28-19-12-8-7-11-18(19)22(27)24-15-20(25)29-16(2)21(26)23-14-13-17-9-5-4-6-10-17/h4-12,16H,3,13-15H2,1-2H3,(H,23,26)(H,24,27). The molecule has 7 nitrogen and oxygen atoms in total. The topological polar surface area (TPSA) is 93.7 Å². The molecule has 0 spiro atoms. The number of carbonyl (C=O) groups is 3. The molecule has 2 N–H and O–H groups in total. The fourth-order valence-electron chi connectivity index (χ4n) is 2.59. The minimum absolute atomic E-state index is 0.328. The molecule has 0 saturated carbocycles. The molecule has 0 bridgehead atoms. The zero-order chi connectivity index (χ0) is 21.1. The Labute approximate surface area is 170 Å². The van der Waals surface area contributed by atoms with E-state index in [1.807, 2.05) is 37.3 Å². The van der Waals surface area contributed by atoms with Crippen LogP contribution in [0.1, 0.15) is 29.8 Å². The SMILES string of the molecule is CCOc1ccccc1C(=O)NCC(=O)OC(C)C(=O)NCCc1ccccc1. The van der Waals surface area contributed by atoms with Gasteiger partial charge in [0.15, 0.2) is 6.10 Å². The van der Waals surface area contributed by atoms with Crippen molar-refractivity contribution in [3.05, 3.63) is 65.7 Å². The molecule has 2 aromatic carbocycles. The summed E-state index contributed by atoms with van der Waals surface area (Å²) in [6.45, 7) is 3.82. The van der Waals surface area contributed by atoms with Crippen LogP contribution < -0.4 is 15.4 Å². The van der Waals surface area contributed by atoms with Crippen LogP contribution in [-0.4, -0.2) is 43.6 Å². The Morgan fingerprint density at radius 1 is 0.966 bits per heavy atom. The Morgan fingerprint density at radius 2 is 1.66 bits per heavy atom. The maximum atomic E-state index is 12.3. The summed E-state index contributed by atoms with van der Waals surface area (Å²) in [5, 5.41) is 5.21. The molecule has 7 heteroatoms. The second-order valence-corrected chi connectivity index (χ2v) is 6.27. The number of benzene rings is 2. The van der Waals surface area contributed by atoms with Gasteiger partial charge in [0.1, 0.15) is 12.3 Å². The highest BCUT2D eigenvalue weighted by molar-refractivity contribution is 5.98. The number of ether oxygens (including phenoxy) is 2. The lowest BCUT2D eigenvalue weighted by Gasteiger charge is -2.14. The van der Waals surface area contributed by atoms with Gasteiger partial charge in [-0.2, -0.15) is 0 Å². The summed E-state index contributed by atoms with van der Waals surface area (Å²) >= 11 is 0. The number of rotatable bonds is 10. The normalized spacial score (nSPS) is 11.2. The number of amides is 2. The molecule has 0 aliphatic heterocycles. The first kappa shape index (κ1) is 21.9. The Morgan fingerprint density at radius 3 is 2.38 bits per heavy atom. The first-order valence-electron chi connectivity index (χ1n) is 9.52. The average Bonchev–Trinajstić information content (AvgIpc) is 2.73. The summed E-state index contributed by atoms with van der Waals surface area (Å²) < 4.78 is 10.5. The number of esters is 1. The van der Waals surface area contributed by atoms with Crippen molar-refractivity contribution in [3.63, 3.8) is 0 Å². The van der Waals surface area contributed by atoms with E-state index >= 15 is 0 Å². The highest BCUT2D eigenvalue weighted by Gasteiger charge is 2.19. The maximum Gasteiger partial charge on any atom is 0.326 e. The minimum Gasteiger partial charge on any atom is -0.493 e. The molecule has 2 rings (SSSR count). The van der Waals surface area contributed by atoms with Gasteiger partial charge < -0.3 is 20.1 Å². The van der Waals surface area contributed by atoms with Crippen molar-refractivity contribution in [3.8, 4) is 5.75 Å². The molecule has 0 aromatic heterocycles. The van der Waals surface area contributed by atoms with Gasteiger partial charge in [0.25, 0.3) is 11.8 Å². The summed E-state index contributed by atoms with van der Waals surface area (Å²) in [6.07, 6.45) is -0.270. The molecule has 2 amide bonds. The van der Waals surface area contributed by atoms with E-state index in [0.29, 0.717) is 30.9 Å². The van der Waals surface area contributed by atoms with E-state index in [2.05, 4.69) is 10.6 Å². The van der Waals surface area contributed by atoms with Crippen LogP contribution in [0.15, 0.2) is 54.6 Å². The Bertz CT molecular complexity index is 823. The lowest BCUT2D eigenvalue weighted by molar-refractivity contribution is -0.153. The molecule has 1 atom stereocenters. The van der Waals surface area contributed by atoms with E-state index in [-0.39, 0.29) is 12.5 Å². The van der Waals surface area contributed by atoms with Crippen LogP contribution in [0.4, 0.5) is 0 Å². The minimum atomic E-state index is -0.953. The van der Waals surface area contributed by atoms with E-state index in [1.165, 1.54) is 6.92 Å². The van der Waals surface area contributed by atoms with Gasteiger partial charge in [-0.05, 0) is 38.0 Å². The van der Waals surface area contributed by atoms with Crippen molar-refractivity contribution in [1.82, 2.24) is 10.6 Å². The smallest absolute Gasteiger partial charge is 0.326 e. The van der Waals surface area contributed by atoms with E-state index in [9.17, 15) is 14.4 Å². The van der Waals surface area contributed by atoms with Crippen molar-refractivity contribution in [2.24, 2.45) is 0 Å². The summed E-state index contributed by atoms with van der Waals surface area (Å²) in [7, 11) is 0. The van der Waals surface area contributed by atoms with Gasteiger partial charge in [-0.15, -0.1) is 0 Å². The lowest BCUT2D eigenvalue weighted by atomic mass is 10.1. The second kappa shape index (κ2) is 11.5. The fourth-order valence-corrected chi connectivity index (χ4v) is 2.59. The number of hydrogen-bond donors (Lipinski definition) is 2. The summed E-state index contributed by atoms with van der Waals surface area (Å²) in [4.78, 5) is 36.3. The lowest BCUT2D eigenvalue weighted by Crippen LogP contribution is -2.39.